The van der Waals surface area contributed by atoms with Gasteiger partial charge in [0.15, 0.2) is 11.9 Å². The summed E-state index contributed by atoms with van der Waals surface area (Å²) in [5.74, 6) is -0.204. The first-order valence-electron chi connectivity index (χ1n) is 9.69. The Hall–Kier alpha value is -1.95. The monoisotopic (exact) mass is 367 g/mol. The average molecular weight is 367 g/mol. The summed E-state index contributed by atoms with van der Waals surface area (Å²) in [7, 11) is 3.39. The van der Waals surface area contributed by atoms with E-state index in [4.69, 9.17) is 14.2 Å². The molecule has 4 atom stereocenters. The molecule has 2 saturated heterocycles. The minimum Gasteiger partial charge on any atom is -0.449 e. The number of benzene rings is 1. The highest BCUT2D eigenvalue weighted by atomic mass is 16.7. The lowest BCUT2D eigenvalue weighted by molar-refractivity contribution is -0.151. The number of carbonyl (C=O) groups excluding carboxylic acids is 1. The Morgan fingerprint density at radius 3 is 2.74 bits per heavy atom. The molecule has 3 heterocycles. The van der Waals surface area contributed by atoms with Gasteiger partial charge in [0.25, 0.3) is 0 Å². The van der Waals surface area contributed by atoms with Gasteiger partial charge in [0.1, 0.15) is 0 Å². The van der Waals surface area contributed by atoms with Crippen LogP contribution in [-0.4, -0.2) is 55.1 Å². The standard InChI is InChI=1S/C22H25NO4/c1-25-21(26-2)18-8-9-19-22-13-16(23(18)19)11-15(17(22)12-20(24)27-22)10-14-6-4-3-5-7-14/h3-7,11-12,16,18-19,21H,8-10,13H2,1-2H3. The van der Waals surface area contributed by atoms with E-state index < -0.39 is 5.60 Å². The molecule has 0 aromatic heterocycles. The molecule has 27 heavy (non-hydrogen) atoms. The van der Waals surface area contributed by atoms with Gasteiger partial charge in [-0.1, -0.05) is 36.4 Å². The summed E-state index contributed by atoms with van der Waals surface area (Å²) in [6.07, 6.45) is 7.45. The van der Waals surface area contributed by atoms with Gasteiger partial charge in [-0.25, -0.2) is 4.79 Å². The topological polar surface area (TPSA) is 48.0 Å². The number of methoxy groups -OCH3 is 2. The van der Waals surface area contributed by atoms with Crippen molar-refractivity contribution >= 4 is 5.97 Å². The zero-order valence-electron chi connectivity index (χ0n) is 15.8. The molecule has 5 nitrogen and oxygen atoms in total. The third-order valence-electron chi connectivity index (χ3n) is 6.67. The fourth-order valence-electron chi connectivity index (χ4n) is 5.75. The summed E-state index contributed by atoms with van der Waals surface area (Å²) >= 11 is 0. The van der Waals surface area contributed by atoms with Crippen molar-refractivity contribution < 1.29 is 19.0 Å². The van der Waals surface area contributed by atoms with Crippen LogP contribution in [0.1, 0.15) is 24.8 Å². The molecule has 3 aliphatic heterocycles. The zero-order valence-corrected chi connectivity index (χ0v) is 15.8. The van der Waals surface area contributed by atoms with Crippen molar-refractivity contribution in [1.29, 1.82) is 0 Å². The van der Waals surface area contributed by atoms with Crippen LogP contribution >= 0.6 is 0 Å². The van der Waals surface area contributed by atoms with E-state index in [2.05, 4.69) is 35.2 Å². The molecular formula is C22H25NO4. The molecule has 1 aliphatic carbocycles. The number of rotatable bonds is 5. The third kappa shape index (κ3) is 2.45. The fourth-order valence-corrected chi connectivity index (χ4v) is 5.75. The average Bonchev–Trinajstić information content (AvgIpc) is 3.32. The smallest absolute Gasteiger partial charge is 0.332 e. The molecule has 0 saturated carbocycles. The number of fused-ring (bicyclic) bond motifs is 3. The molecule has 5 rings (SSSR count). The van der Waals surface area contributed by atoms with E-state index in [1.807, 2.05) is 6.07 Å². The van der Waals surface area contributed by atoms with E-state index in [1.54, 1.807) is 20.3 Å². The lowest BCUT2D eigenvalue weighted by atomic mass is 9.75. The van der Waals surface area contributed by atoms with Crippen LogP contribution in [0.5, 0.6) is 0 Å². The molecule has 0 radical (unpaired) electrons. The summed E-state index contributed by atoms with van der Waals surface area (Å²) in [5.41, 5.74) is 3.07. The first kappa shape index (κ1) is 17.2. The van der Waals surface area contributed by atoms with E-state index in [0.29, 0.717) is 0 Å². The van der Waals surface area contributed by atoms with Gasteiger partial charge in [-0.15, -0.1) is 0 Å². The zero-order chi connectivity index (χ0) is 18.6. The molecule has 2 fully saturated rings. The number of carbonyl (C=O) groups is 1. The largest absolute Gasteiger partial charge is 0.449 e. The van der Waals surface area contributed by atoms with E-state index in [1.165, 1.54) is 11.1 Å². The number of hydrogen-bond donors (Lipinski definition) is 0. The summed E-state index contributed by atoms with van der Waals surface area (Å²) < 4.78 is 17.2. The Morgan fingerprint density at radius 2 is 2.00 bits per heavy atom. The van der Waals surface area contributed by atoms with Crippen LogP contribution in [0.4, 0.5) is 0 Å². The molecule has 0 amide bonds. The molecule has 5 heteroatoms. The van der Waals surface area contributed by atoms with E-state index in [9.17, 15) is 4.79 Å². The van der Waals surface area contributed by atoms with Gasteiger partial charge in [-0.05, 0) is 30.4 Å². The van der Waals surface area contributed by atoms with Gasteiger partial charge in [-0.3, -0.25) is 4.90 Å². The molecule has 142 valence electrons. The first-order chi connectivity index (χ1) is 13.2. The normalized spacial score (nSPS) is 34.3. The first-order valence-corrected chi connectivity index (χ1v) is 9.69. The lowest BCUT2D eigenvalue weighted by Gasteiger charge is -2.34. The summed E-state index contributed by atoms with van der Waals surface area (Å²) in [6.45, 7) is 0. The molecule has 1 aromatic carbocycles. The molecule has 2 bridgehead atoms. The van der Waals surface area contributed by atoms with E-state index in [0.717, 1.165) is 31.3 Å². The third-order valence-corrected chi connectivity index (χ3v) is 6.67. The van der Waals surface area contributed by atoms with Gasteiger partial charge in [0, 0.05) is 38.3 Å². The lowest BCUT2D eigenvalue weighted by Crippen LogP contribution is -2.48. The molecule has 1 spiro atoms. The predicted molar refractivity (Wildman–Crippen MR) is 100.0 cm³/mol. The number of esters is 1. The van der Waals surface area contributed by atoms with Crippen molar-refractivity contribution in [2.75, 3.05) is 14.2 Å². The quantitative estimate of drug-likeness (QED) is 0.591. The van der Waals surface area contributed by atoms with Crippen LogP contribution < -0.4 is 0 Å². The number of ether oxygens (including phenoxy) is 3. The van der Waals surface area contributed by atoms with Crippen LogP contribution in [0.25, 0.3) is 0 Å². The Morgan fingerprint density at radius 1 is 1.22 bits per heavy atom. The van der Waals surface area contributed by atoms with Crippen LogP contribution in [0.3, 0.4) is 0 Å². The van der Waals surface area contributed by atoms with Crippen molar-refractivity contribution in [3.8, 4) is 0 Å². The summed E-state index contributed by atoms with van der Waals surface area (Å²) in [4.78, 5) is 14.8. The highest BCUT2D eigenvalue weighted by Gasteiger charge is 2.65. The van der Waals surface area contributed by atoms with E-state index >= 15 is 0 Å². The van der Waals surface area contributed by atoms with Crippen LogP contribution in [0.2, 0.25) is 0 Å². The maximum atomic E-state index is 12.3. The van der Waals surface area contributed by atoms with Crippen LogP contribution in [0, 0.1) is 0 Å². The second kappa shape index (κ2) is 6.30. The van der Waals surface area contributed by atoms with Gasteiger partial charge in [0.05, 0.1) is 12.1 Å². The molecule has 4 unspecified atom stereocenters. The molecule has 0 N–H and O–H groups in total. The fraction of sp³-hybridized carbons (Fsp3) is 0.500. The van der Waals surface area contributed by atoms with Crippen molar-refractivity contribution in [1.82, 2.24) is 4.90 Å². The highest BCUT2D eigenvalue weighted by Crippen LogP contribution is 2.56. The second-order valence-electron chi connectivity index (χ2n) is 7.94. The van der Waals surface area contributed by atoms with Gasteiger partial charge in [-0.2, -0.15) is 0 Å². The van der Waals surface area contributed by atoms with Crippen molar-refractivity contribution in [2.45, 2.75) is 55.7 Å². The second-order valence-corrected chi connectivity index (χ2v) is 7.94. The molecular weight excluding hydrogens is 342 g/mol. The van der Waals surface area contributed by atoms with Crippen LogP contribution in [0.15, 0.2) is 53.6 Å². The van der Waals surface area contributed by atoms with Gasteiger partial charge < -0.3 is 14.2 Å². The van der Waals surface area contributed by atoms with Gasteiger partial charge >= 0.3 is 5.97 Å². The minimum atomic E-state index is -0.499. The molecule has 4 aliphatic rings. The minimum absolute atomic E-state index is 0.183. The SMILES string of the molecule is COC(OC)C1CCC2N1C1C=C(Cc3ccccc3)C3=CC(=O)OC32C1. The maximum absolute atomic E-state index is 12.3. The number of hydrogen-bond acceptors (Lipinski definition) is 5. The Bertz CT molecular complexity index is 813. The summed E-state index contributed by atoms with van der Waals surface area (Å²) in [6, 6.07) is 11.0. The number of nitrogens with zero attached hydrogens (tertiary/aromatic N) is 1. The Labute approximate surface area is 159 Å². The van der Waals surface area contributed by atoms with E-state index in [-0.39, 0.29) is 30.4 Å². The Kier molecular flexibility index (Phi) is 4.00. The van der Waals surface area contributed by atoms with Crippen molar-refractivity contribution in [3.63, 3.8) is 0 Å². The van der Waals surface area contributed by atoms with Crippen molar-refractivity contribution in [2.24, 2.45) is 0 Å². The van der Waals surface area contributed by atoms with Gasteiger partial charge in [0.2, 0.25) is 0 Å². The highest BCUT2D eigenvalue weighted by molar-refractivity contribution is 5.89. The van der Waals surface area contributed by atoms with Crippen molar-refractivity contribution in [3.05, 3.63) is 59.2 Å². The predicted octanol–water partition coefficient (Wildman–Crippen LogP) is 2.62. The van der Waals surface area contributed by atoms with Crippen LogP contribution in [-0.2, 0) is 25.4 Å². The Balaban J connectivity index is 1.54. The summed E-state index contributed by atoms with van der Waals surface area (Å²) in [5, 5.41) is 0. The maximum Gasteiger partial charge on any atom is 0.332 e. The molecule has 1 aromatic rings.